The molecule has 0 aliphatic heterocycles. The van der Waals surface area contributed by atoms with Gasteiger partial charge in [0.25, 0.3) is 0 Å². The van der Waals surface area contributed by atoms with Crippen molar-refractivity contribution >= 4 is 7.85 Å². The number of benzene rings is 2. The van der Waals surface area contributed by atoms with Crippen molar-refractivity contribution in [3.63, 3.8) is 0 Å². The van der Waals surface area contributed by atoms with Crippen molar-refractivity contribution in [2.45, 2.75) is 38.6 Å². The summed E-state index contributed by atoms with van der Waals surface area (Å²) in [5, 5.41) is 10.4. The lowest BCUT2D eigenvalue weighted by molar-refractivity contribution is 0.0785. The van der Waals surface area contributed by atoms with Crippen LogP contribution >= 0.6 is 0 Å². The molecule has 0 bridgehead atoms. The molecule has 0 saturated heterocycles. The van der Waals surface area contributed by atoms with Crippen LogP contribution in [0.15, 0.2) is 48.5 Å². The SMILES string of the molecule is BC(C)(C)c1cc(-c2ccccc2)cc(C(C)(C)O)c1. The van der Waals surface area contributed by atoms with Gasteiger partial charge in [0.15, 0.2) is 0 Å². The van der Waals surface area contributed by atoms with E-state index in [9.17, 15) is 5.11 Å². The molecule has 2 aromatic rings. The van der Waals surface area contributed by atoms with Crippen LogP contribution in [0.2, 0.25) is 0 Å². The maximum absolute atomic E-state index is 10.4. The van der Waals surface area contributed by atoms with Crippen LogP contribution in [0, 0.1) is 0 Å². The molecule has 0 amide bonds. The summed E-state index contributed by atoms with van der Waals surface area (Å²) in [6.07, 6.45) is 0. The minimum atomic E-state index is -0.829. The summed E-state index contributed by atoms with van der Waals surface area (Å²) < 4.78 is 0. The standard InChI is InChI=1S/C18H23BO/c1-17(2,19)15-10-14(13-8-6-5-7-9-13)11-16(12-15)18(3,4)20/h5-12,20H,19H2,1-4H3. The molecule has 104 valence electrons. The van der Waals surface area contributed by atoms with Gasteiger partial charge in [-0.05, 0) is 47.5 Å². The van der Waals surface area contributed by atoms with Gasteiger partial charge in [0.05, 0.1) is 5.60 Å². The molecule has 0 radical (unpaired) electrons. The maximum atomic E-state index is 10.4. The van der Waals surface area contributed by atoms with Crippen molar-refractivity contribution in [3.05, 3.63) is 59.7 Å². The average Bonchev–Trinajstić information content (AvgIpc) is 2.37. The zero-order valence-corrected chi connectivity index (χ0v) is 13.1. The fourth-order valence-electron chi connectivity index (χ4n) is 2.21. The zero-order chi connectivity index (χ0) is 15.0. The van der Waals surface area contributed by atoms with E-state index in [0.29, 0.717) is 0 Å². The minimum absolute atomic E-state index is 0.0603. The van der Waals surface area contributed by atoms with E-state index in [1.54, 1.807) is 0 Å². The number of rotatable bonds is 3. The van der Waals surface area contributed by atoms with E-state index >= 15 is 0 Å². The quantitative estimate of drug-likeness (QED) is 0.844. The van der Waals surface area contributed by atoms with Gasteiger partial charge in [0, 0.05) is 0 Å². The summed E-state index contributed by atoms with van der Waals surface area (Å²) in [6.45, 7) is 8.07. The molecule has 1 nitrogen and oxygen atoms in total. The normalized spacial score (nSPS) is 12.4. The van der Waals surface area contributed by atoms with E-state index in [2.05, 4.69) is 52.0 Å². The molecule has 2 heteroatoms. The third-order valence-electron chi connectivity index (χ3n) is 3.61. The molecule has 0 aliphatic carbocycles. The van der Waals surface area contributed by atoms with Crippen LogP contribution in [0.25, 0.3) is 11.1 Å². The maximum Gasteiger partial charge on any atom is 0.114 e. The molecule has 20 heavy (non-hydrogen) atoms. The molecule has 2 aromatic carbocycles. The number of hydrogen-bond acceptors (Lipinski definition) is 1. The Bertz CT molecular complexity index is 557. The Morgan fingerprint density at radius 1 is 0.800 bits per heavy atom. The molecular weight excluding hydrogens is 243 g/mol. The van der Waals surface area contributed by atoms with Crippen LogP contribution in [0.3, 0.4) is 0 Å². The molecule has 0 unspecified atom stereocenters. The molecule has 0 aromatic heterocycles. The van der Waals surface area contributed by atoms with Crippen molar-refractivity contribution in [1.82, 2.24) is 0 Å². The van der Waals surface area contributed by atoms with Crippen molar-refractivity contribution in [1.29, 1.82) is 0 Å². The van der Waals surface area contributed by atoms with Gasteiger partial charge in [-0.15, -0.1) is 0 Å². The second-order valence-corrected chi connectivity index (χ2v) is 6.97. The second kappa shape index (κ2) is 5.10. The lowest BCUT2D eigenvalue weighted by atomic mass is 9.66. The summed E-state index contributed by atoms with van der Waals surface area (Å²) in [7, 11) is 2.20. The minimum Gasteiger partial charge on any atom is -0.386 e. The van der Waals surface area contributed by atoms with Gasteiger partial charge in [0.1, 0.15) is 7.85 Å². The van der Waals surface area contributed by atoms with E-state index in [4.69, 9.17) is 0 Å². The van der Waals surface area contributed by atoms with Crippen LogP contribution < -0.4 is 0 Å². The first-order chi connectivity index (χ1) is 9.18. The molecule has 0 spiro atoms. The van der Waals surface area contributed by atoms with E-state index < -0.39 is 5.60 Å². The van der Waals surface area contributed by atoms with E-state index in [1.807, 2.05) is 32.0 Å². The van der Waals surface area contributed by atoms with Crippen LogP contribution in [-0.4, -0.2) is 13.0 Å². The second-order valence-electron chi connectivity index (χ2n) is 6.97. The highest BCUT2D eigenvalue weighted by molar-refractivity contribution is 6.15. The highest BCUT2D eigenvalue weighted by atomic mass is 16.3. The third-order valence-corrected chi connectivity index (χ3v) is 3.61. The Hall–Kier alpha value is -1.54. The van der Waals surface area contributed by atoms with Gasteiger partial charge in [-0.3, -0.25) is 0 Å². The molecule has 0 heterocycles. The first kappa shape index (κ1) is 14.9. The highest BCUT2D eigenvalue weighted by Gasteiger charge is 2.21. The summed E-state index contributed by atoms with van der Waals surface area (Å²) >= 11 is 0. The molecule has 0 aliphatic rings. The third kappa shape index (κ3) is 3.32. The largest absolute Gasteiger partial charge is 0.386 e. The zero-order valence-electron chi connectivity index (χ0n) is 13.1. The fraction of sp³-hybridized carbons (Fsp3) is 0.333. The average molecular weight is 266 g/mol. The Kier molecular flexibility index (Phi) is 3.79. The van der Waals surface area contributed by atoms with Gasteiger partial charge in [-0.1, -0.05) is 56.3 Å². The lowest BCUT2D eigenvalue weighted by Crippen LogP contribution is -2.21. The first-order valence-corrected chi connectivity index (χ1v) is 7.12. The van der Waals surface area contributed by atoms with E-state index in [0.717, 1.165) is 11.1 Å². The van der Waals surface area contributed by atoms with Crippen LogP contribution in [0.4, 0.5) is 0 Å². The topological polar surface area (TPSA) is 20.2 Å². The van der Waals surface area contributed by atoms with E-state index in [-0.39, 0.29) is 5.31 Å². The summed E-state index contributed by atoms with van der Waals surface area (Å²) in [4.78, 5) is 0. The van der Waals surface area contributed by atoms with Gasteiger partial charge in [-0.2, -0.15) is 0 Å². The first-order valence-electron chi connectivity index (χ1n) is 7.12. The summed E-state index contributed by atoms with van der Waals surface area (Å²) in [5.74, 6) is 0. The van der Waals surface area contributed by atoms with Crippen LogP contribution in [0.1, 0.15) is 38.8 Å². The van der Waals surface area contributed by atoms with Crippen LogP contribution in [-0.2, 0) is 10.9 Å². The fourth-order valence-corrected chi connectivity index (χ4v) is 2.21. The summed E-state index contributed by atoms with van der Waals surface area (Å²) in [5.41, 5.74) is 3.73. The Morgan fingerprint density at radius 2 is 1.35 bits per heavy atom. The number of hydrogen-bond donors (Lipinski definition) is 1. The Labute approximate surface area is 123 Å². The monoisotopic (exact) mass is 266 g/mol. The Morgan fingerprint density at radius 3 is 1.85 bits per heavy atom. The number of aliphatic hydroxyl groups is 1. The molecule has 0 saturated carbocycles. The summed E-state index contributed by atoms with van der Waals surface area (Å²) in [6, 6.07) is 16.8. The van der Waals surface area contributed by atoms with Crippen molar-refractivity contribution in [3.8, 4) is 11.1 Å². The highest BCUT2D eigenvalue weighted by Crippen LogP contribution is 2.31. The molecule has 0 fully saturated rings. The predicted molar refractivity (Wildman–Crippen MR) is 88.7 cm³/mol. The van der Waals surface area contributed by atoms with Gasteiger partial charge in [-0.25, -0.2) is 0 Å². The van der Waals surface area contributed by atoms with Crippen molar-refractivity contribution in [2.75, 3.05) is 0 Å². The lowest BCUT2D eigenvalue weighted by Gasteiger charge is -2.25. The smallest absolute Gasteiger partial charge is 0.114 e. The van der Waals surface area contributed by atoms with Gasteiger partial charge >= 0.3 is 0 Å². The predicted octanol–water partition coefficient (Wildman–Crippen LogP) is 3.45. The Balaban J connectivity index is 2.64. The molecule has 0 atom stereocenters. The van der Waals surface area contributed by atoms with E-state index in [1.165, 1.54) is 11.1 Å². The molecule has 1 N–H and O–H groups in total. The van der Waals surface area contributed by atoms with Crippen LogP contribution in [0.5, 0.6) is 0 Å². The van der Waals surface area contributed by atoms with Crippen molar-refractivity contribution < 1.29 is 5.11 Å². The van der Waals surface area contributed by atoms with Gasteiger partial charge in [0.2, 0.25) is 0 Å². The molecular formula is C18H23BO. The molecule has 2 rings (SSSR count). The van der Waals surface area contributed by atoms with Crippen molar-refractivity contribution in [2.24, 2.45) is 0 Å². The van der Waals surface area contributed by atoms with Gasteiger partial charge < -0.3 is 5.11 Å².